The summed E-state index contributed by atoms with van der Waals surface area (Å²) in [6, 6.07) is 5.94. The molecule has 0 saturated carbocycles. The molecule has 2 rings (SSSR count). The maximum atomic E-state index is 11.0. The van der Waals surface area contributed by atoms with Crippen LogP contribution in [0.4, 0.5) is 0 Å². The minimum atomic E-state index is -1.10. The highest BCUT2D eigenvalue weighted by Gasteiger charge is 2.22. The first-order valence-electron chi connectivity index (χ1n) is 6.37. The van der Waals surface area contributed by atoms with Gasteiger partial charge in [0.2, 0.25) is 0 Å². The van der Waals surface area contributed by atoms with E-state index in [1.165, 1.54) is 0 Å². The number of carboxylic acids is 1. The molecule has 0 aliphatic heterocycles. The number of carbonyl (C=O) groups is 1. The minimum absolute atomic E-state index is 0.0170. The molecule has 0 bridgehead atoms. The second-order valence-electron chi connectivity index (χ2n) is 5.76. The number of benzene rings is 1. The second kappa shape index (κ2) is 5.66. The van der Waals surface area contributed by atoms with Crippen LogP contribution >= 0.6 is 22.9 Å². The predicted octanol–water partition coefficient (Wildman–Crippen LogP) is 4.89. The van der Waals surface area contributed by atoms with Crippen molar-refractivity contribution in [2.24, 2.45) is 0 Å². The monoisotopic (exact) mass is 325 g/mol. The van der Waals surface area contributed by atoms with E-state index in [2.05, 4.69) is 25.8 Å². The van der Waals surface area contributed by atoms with Gasteiger partial charge in [0.05, 0.1) is 0 Å². The van der Waals surface area contributed by atoms with Gasteiger partial charge in [-0.3, -0.25) is 0 Å². The van der Waals surface area contributed by atoms with Crippen LogP contribution in [0.2, 0.25) is 5.15 Å². The lowest BCUT2D eigenvalue weighted by Gasteiger charge is -2.22. The summed E-state index contributed by atoms with van der Waals surface area (Å²) < 4.78 is 5.79. The van der Waals surface area contributed by atoms with Crippen molar-refractivity contribution in [2.45, 2.75) is 33.1 Å². The van der Waals surface area contributed by atoms with Gasteiger partial charge in [0.15, 0.2) is 10.0 Å². The highest BCUT2D eigenvalue weighted by molar-refractivity contribution is 7.15. The lowest BCUT2D eigenvalue weighted by Crippen LogP contribution is -2.12. The number of hydrogen-bond acceptors (Lipinski definition) is 4. The fourth-order valence-corrected chi connectivity index (χ4v) is 2.87. The van der Waals surface area contributed by atoms with E-state index in [1.807, 2.05) is 25.1 Å². The standard InChI is InChI=1S/C15H16ClNO3S/c1-8-5-6-9(15(2,3)4)10(7-8)20-14-17-12(16)11(21-14)13(18)19/h5-7H,1-4H3,(H,18,19). The van der Waals surface area contributed by atoms with Crippen LogP contribution in [0.15, 0.2) is 18.2 Å². The van der Waals surface area contributed by atoms with Crippen molar-refractivity contribution in [1.82, 2.24) is 4.98 Å². The Labute approximate surface area is 132 Å². The first-order valence-corrected chi connectivity index (χ1v) is 7.56. The van der Waals surface area contributed by atoms with Crippen LogP contribution in [-0.2, 0) is 5.41 Å². The zero-order valence-corrected chi connectivity index (χ0v) is 13.8. The van der Waals surface area contributed by atoms with Gasteiger partial charge in [-0.2, -0.15) is 4.98 Å². The van der Waals surface area contributed by atoms with E-state index in [9.17, 15) is 4.79 Å². The Morgan fingerprint density at radius 3 is 2.57 bits per heavy atom. The summed E-state index contributed by atoms with van der Waals surface area (Å²) in [4.78, 5) is 14.9. The van der Waals surface area contributed by atoms with E-state index in [0.29, 0.717) is 5.75 Å². The fourth-order valence-electron chi connectivity index (χ4n) is 1.89. The first kappa shape index (κ1) is 15.8. The number of thiazole rings is 1. The predicted molar refractivity (Wildman–Crippen MR) is 84.0 cm³/mol. The number of aryl methyl sites for hydroxylation is 1. The molecule has 21 heavy (non-hydrogen) atoms. The summed E-state index contributed by atoms with van der Waals surface area (Å²) >= 11 is 6.73. The minimum Gasteiger partial charge on any atom is -0.477 e. The van der Waals surface area contributed by atoms with Gasteiger partial charge in [0.25, 0.3) is 5.19 Å². The van der Waals surface area contributed by atoms with E-state index in [4.69, 9.17) is 21.4 Å². The lowest BCUT2D eigenvalue weighted by atomic mass is 9.86. The van der Waals surface area contributed by atoms with Crippen LogP contribution in [-0.4, -0.2) is 16.1 Å². The molecule has 112 valence electrons. The average Bonchev–Trinajstić information content (AvgIpc) is 2.68. The molecule has 1 aromatic carbocycles. The number of ether oxygens (including phenoxy) is 1. The van der Waals surface area contributed by atoms with E-state index in [1.54, 1.807) is 0 Å². The molecule has 0 saturated heterocycles. The molecule has 2 aromatic rings. The Morgan fingerprint density at radius 2 is 2.05 bits per heavy atom. The van der Waals surface area contributed by atoms with Crippen molar-refractivity contribution in [3.63, 3.8) is 0 Å². The van der Waals surface area contributed by atoms with Crippen molar-refractivity contribution in [2.75, 3.05) is 0 Å². The van der Waals surface area contributed by atoms with Gasteiger partial charge in [-0.25, -0.2) is 4.79 Å². The molecular weight excluding hydrogens is 310 g/mol. The third-order valence-corrected chi connectivity index (χ3v) is 4.21. The van der Waals surface area contributed by atoms with Crippen LogP contribution < -0.4 is 4.74 Å². The number of aromatic carboxylic acids is 1. The van der Waals surface area contributed by atoms with E-state index < -0.39 is 5.97 Å². The molecule has 4 nitrogen and oxygen atoms in total. The van der Waals surface area contributed by atoms with Crippen LogP contribution in [0.25, 0.3) is 0 Å². The van der Waals surface area contributed by atoms with Gasteiger partial charge in [-0.15, -0.1) is 0 Å². The van der Waals surface area contributed by atoms with Gasteiger partial charge in [-0.05, 0) is 24.0 Å². The molecule has 0 fully saturated rings. The summed E-state index contributed by atoms with van der Waals surface area (Å²) in [6.45, 7) is 8.23. The molecule has 0 amide bonds. The molecule has 1 N–H and O–H groups in total. The molecule has 0 spiro atoms. The van der Waals surface area contributed by atoms with Crippen molar-refractivity contribution in [3.05, 3.63) is 39.4 Å². The van der Waals surface area contributed by atoms with Crippen molar-refractivity contribution >= 4 is 28.9 Å². The summed E-state index contributed by atoms with van der Waals surface area (Å²) in [6.07, 6.45) is 0. The van der Waals surface area contributed by atoms with Gasteiger partial charge < -0.3 is 9.84 Å². The second-order valence-corrected chi connectivity index (χ2v) is 7.08. The zero-order valence-electron chi connectivity index (χ0n) is 12.2. The molecular formula is C15H16ClNO3S. The third-order valence-electron chi connectivity index (χ3n) is 2.90. The van der Waals surface area contributed by atoms with E-state index in [-0.39, 0.29) is 20.6 Å². The Kier molecular flexibility index (Phi) is 4.25. The number of carboxylic acid groups (broad SMARTS) is 1. The fraction of sp³-hybridized carbons (Fsp3) is 0.333. The van der Waals surface area contributed by atoms with Gasteiger partial charge in [0.1, 0.15) is 5.75 Å². The lowest BCUT2D eigenvalue weighted by molar-refractivity contribution is 0.0702. The molecule has 0 aliphatic carbocycles. The molecule has 1 aromatic heterocycles. The van der Waals surface area contributed by atoms with Crippen LogP contribution in [0.1, 0.15) is 41.6 Å². The van der Waals surface area contributed by atoms with Crippen molar-refractivity contribution < 1.29 is 14.6 Å². The van der Waals surface area contributed by atoms with Gasteiger partial charge in [-0.1, -0.05) is 55.8 Å². The number of rotatable bonds is 3. The quantitative estimate of drug-likeness (QED) is 0.872. The number of hydrogen-bond donors (Lipinski definition) is 1. The molecule has 6 heteroatoms. The Balaban J connectivity index is 2.42. The topological polar surface area (TPSA) is 59.4 Å². The van der Waals surface area contributed by atoms with Crippen molar-refractivity contribution in [3.8, 4) is 10.9 Å². The average molecular weight is 326 g/mol. The molecule has 0 atom stereocenters. The Bertz CT molecular complexity index is 689. The maximum absolute atomic E-state index is 11.0. The SMILES string of the molecule is Cc1ccc(C(C)(C)C)c(Oc2nc(Cl)c(C(=O)O)s2)c1. The van der Waals surface area contributed by atoms with Gasteiger partial charge >= 0.3 is 5.97 Å². The number of nitrogens with zero attached hydrogens (tertiary/aromatic N) is 1. The highest BCUT2D eigenvalue weighted by atomic mass is 35.5. The Morgan fingerprint density at radius 1 is 1.38 bits per heavy atom. The summed E-state index contributed by atoms with van der Waals surface area (Å²) in [7, 11) is 0. The summed E-state index contributed by atoms with van der Waals surface area (Å²) in [5.74, 6) is -0.433. The highest BCUT2D eigenvalue weighted by Crippen LogP contribution is 2.37. The largest absolute Gasteiger partial charge is 0.477 e. The maximum Gasteiger partial charge on any atom is 0.349 e. The number of aromatic nitrogens is 1. The smallest absolute Gasteiger partial charge is 0.349 e. The summed E-state index contributed by atoms with van der Waals surface area (Å²) in [5, 5.41) is 9.18. The van der Waals surface area contributed by atoms with Crippen LogP contribution in [0.3, 0.4) is 0 Å². The molecule has 1 heterocycles. The van der Waals surface area contributed by atoms with E-state index >= 15 is 0 Å². The van der Waals surface area contributed by atoms with E-state index in [0.717, 1.165) is 22.5 Å². The Hall–Kier alpha value is -1.59. The molecule has 0 aliphatic rings. The first-order chi connectivity index (χ1) is 9.68. The molecule has 0 radical (unpaired) electrons. The normalized spacial score (nSPS) is 11.5. The zero-order chi connectivity index (χ0) is 15.8. The number of halogens is 1. The van der Waals surface area contributed by atoms with Crippen LogP contribution in [0, 0.1) is 6.92 Å². The third kappa shape index (κ3) is 3.54. The molecule has 0 unspecified atom stereocenters. The summed E-state index contributed by atoms with van der Waals surface area (Å²) in [5.41, 5.74) is 1.98. The van der Waals surface area contributed by atoms with Gasteiger partial charge in [0, 0.05) is 5.56 Å². The van der Waals surface area contributed by atoms with Crippen molar-refractivity contribution in [1.29, 1.82) is 0 Å². The van der Waals surface area contributed by atoms with Crippen LogP contribution in [0.5, 0.6) is 10.9 Å².